The lowest BCUT2D eigenvalue weighted by Crippen LogP contribution is -2.49. The smallest absolute Gasteiger partial charge is 0.260 e. The minimum Gasteiger partial charge on any atom is -0.484 e. The number of ether oxygens (including phenoxy) is 1. The Hall–Kier alpha value is -2.51. The van der Waals surface area contributed by atoms with Crippen molar-refractivity contribution in [1.82, 2.24) is 14.8 Å². The van der Waals surface area contributed by atoms with Gasteiger partial charge in [0.05, 0.1) is 16.8 Å². The number of rotatable bonds is 5. The molecule has 0 saturated carbocycles. The molecule has 7 heteroatoms. The van der Waals surface area contributed by atoms with Gasteiger partial charge in [0.2, 0.25) is 0 Å². The summed E-state index contributed by atoms with van der Waals surface area (Å²) in [5.74, 6) is 0.135. The van der Waals surface area contributed by atoms with Crippen LogP contribution in [0.3, 0.4) is 0 Å². The van der Waals surface area contributed by atoms with E-state index in [9.17, 15) is 9.18 Å². The number of halogens is 1. The van der Waals surface area contributed by atoms with E-state index in [4.69, 9.17) is 4.74 Å². The number of nitrogens with zero attached hydrogens (tertiary/aromatic N) is 3. The Labute approximate surface area is 161 Å². The van der Waals surface area contributed by atoms with Gasteiger partial charge in [-0.25, -0.2) is 9.37 Å². The minimum atomic E-state index is -0.321. The first-order valence-electron chi connectivity index (χ1n) is 8.90. The van der Waals surface area contributed by atoms with Crippen LogP contribution in [-0.4, -0.2) is 53.5 Å². The van der Waals surface area contributed by atoms with Gasteiger partial charge in [0.25, 0.3) is 5.91 Å². The summed E-state index contributed by atoms with van der Waals surface area (Å²) in [6.07, 6.45) is 0. The Morgan fingerprint density at radius 3 is 2.56 bits per heavy atom. The van der Waals surface area contributed by atoms with Crippen molar-refractivity contribution in [3.8, 4) is 5.75 Å². The number of benzene rings is 2. The molecule has 0 radical (unpaired) electrons. The highest BCUT2D eigenvalue weighted by atomic mass is 32.1. The molecule has 0 bridgehead atoms. The molecule has 1 aromatic heterocycles. The van der Waals surface area contributed by atoms with E-state index < -0.39 is 0 Å². The van der Waals surface area contributed by atoms with Crippen LogP contribution in [0.4, 0.5) is 4.39 Å². The standard InChI is InChI=1S/C20H20FN3O2S/c21-15-5-7-16(8-6-15)26-14-20(25)24-11-9-23(10-12-24)13-19-22-17-3-1-2-4-18(17)27-19/h1-8H,9-14H2. The SMILES string of the molecule is O=C(COc1ccc(F)cc1)N1CCN(Cc2nc3ccccc3s2)CC1. The second-order valence-electron chi connectivity index (χ2n) is 6.47. The maximum Gasteiger partial charge on any atom is 0.260 e. The zero-order valence-electron chi connectivity index (χ0n) is 14.8. The van der Waals surface area contributed by atoms with Crippen molar-refractivity contribution in [2.24, 2.45) is 0 Å². The first-order valence-corrected chi connectivity index (χ1v) is 9.72. The fourth-order valence-electron chi connectivity index (χ4n) is 3.10. The van der Waals surface area contributed by atoms with Crippen LogP contribution in [-0.2, 0) is 11.3 Å². The number of aromatic nitrogens is 1. The van der Waals surface area contributed by atoms with Gasteiger partial charge in [0.1, 0.15) is 16.6 Å². The maximum atomic E-state index is 12.9. The van der Waals surface area contributed by atoms with E-state index in [1.807, 2.05) is 23.1 Å². The molecule has 1 fully saturated rings. The molecular weight excluding hydrogens is 365 g/mol. The summed E-state index contributed by atoms with van der Waals surface area (Å²) >= 11 is 1.72. The number of hydrogen-bond donors (Lipinski definition) is 0. The predicted molar refractivity (Wildman–Crippen MR) is 103 cm³/mol. The Balaban J connectivity index is 1.25. The van der Waals surface area contributed by atoms with Gasteiger partial charge in [0, 0.05) is 26.2 Å². The molecule has 0 atom stereocenters. The Kier molecular flexibility index (Phi) is 5.31. The lowest BCUT2D eigenvalue weighted by molar-refractivity contribution is -0.135. The molecule has 0 unspecified atom stereocenters. The normalized spacial score (nSPS) is 15.2. The van der Waals surface area contributed by atoms with Crippen LogP contribution >= 0.6 is 11.3 Å². The summed E-state index contributed by atoms with van der Waals surface area (Å²) in [6.45, 7) is 3.78. The number of piperazine rings is 1. The minimum absolute atomic E-state index is 0.0243. The molecule has 4 rings (SSSR count). The molecule has 2 aromatic carbocycles. The van der Waals surface area contributed by atoms with Gasteiger partial charge >= 0.3 is 0 Å². The number of thiazole rings is 1. The predicted octanol–water partition coefficient (Wildman–Crippen LogP) is 3.16. The molecule has 5 nitrogen and oxygen atoms in total. The number of carbonyl (C=O) groups excluding carboxylic acids is 1. The molecule has 1 aliphatic heterocycles. The van der Waals surface area contributed by atoms with Crippen LogP contribution < -0.4 is 4.74 Å². The van der Waals surface area contributed by atoms with Gasteiger partial charge < -0.3 is 9.64 Å². The highest BCUT2D eigenvalue weighted by molar-refractivity contribution is 7.18. The summed E-state index contributed by atoms with van der Waals surface area (Å²) in [7, 11) is 0. The number of fused-ring (bicyclic) bond motifs is 1. The molecule has 0 spiro atoms. The van der Waals surface area contributed by atoms with Crippen molar-refractivity contribution in [2.75, 3.05) is 32.8 Å². The van der Waals surface area contributed by atoms with E-state index in [2.05, 4.69) is 16.0 Å². The molecular formula is C20H20FN3O2S. The number of para-hydroxylation sites is 1. The van der Waals surface area contributed by atoms with E-state index in [-0.39, 0.29) is 18.3 Å². The monoisotopic (exact) mass is 385 g/mol. The van der Waals surface area contributed by atoms with Gasteiger partial charge in [0.15, 0.2) is 6.61 Å². The molecule has 1 aliphatic rings. The third-order valence-electron chi connectivity index (χ3n) is 4.60. The molecule has 0 N–H and O–H groups in total. The van der Waals surface area contributed by atoms with E-state index in [0.29, 0.717) is 18.8 Å². The zero-order chi connectivity index (χ0) is 18.6. The van der Waals surface area contributed by atoms with Crippen molar-refractivity contribution in [2.45, 2.75) is 6.54 Å². The van der Waals surface area contributed by atoms with Crippen molar-refractivity contribution < 1.29 is 13.9 Å². The Bertz CT molecular complexity index is 887. The van der Waals surface area contributed by atoms with Gasteiger partial charge in [-0.1, -0.05) is 12.1 Å². The van der Waals surface area contributed by atoms with Crippen LogP contribution in [0, 0.1) is 5.82 Å². The molecule has 140 valence electrons. The second kappa shape index (κ2) is 8.02. The fourth-order valence-corrected chi connectivity index (χ4v) is 4.11. The lowest BCUT2D eigenvalue weighted by atomic mass is 10.3. The molecule has 0 aliphatic carbocycles. The summed E-state index contributed by atoms with van der Waals surface area (Å²) in [5, 5.41) is 1.11. The average molecular weight is 385 g/mol. The summed E-state index contributed by atoms with van der Waals surface area (Å²) in [6, 6.07) is 13.9. The molecule has 1 amide bonds. The highest BCUT2D eigenvalue weighted by Crippen LogP contribution is 2.23. The third kappa shape index (κ3) is 4.43. The highest BCUT2D eigenvalue weighted by Gasteiger charge is 2.22. The third-order valence-corrected chi connectivity index (χ3v) is 5.62. The van der Waals surface area contributed by atoms with Crippen molar-refractivity contribution in [3.05, 3.63) is 59.4 Å². The summed E-state index contributed by atoms with van der Waals surface area (Å²) in [5.41, 5.74) is 1.05. The van der Waals surface area contributed by atoms with Crippen LogP contribution in [0.15, 0.2) is 48.5 Å². The van der Waals surface area contributed by atoms with Crippen LogP contribution in [0.5, 0.6) is 5.75 Å². The van der Waals surface area contributed by atoms with E-state index >= 15 is 0 Å². The lowest BCUT2D eigenvalue weighted by Gasteiger charge is -2.34. The van der Waals surface area contributed by atoms with E-state index in [0.717, 1.165) is 30.2 Å². The fraction of sp³-hybridized carbons (Fsp3) is 0.300. The largest absolute Gasteiger partial charge is 0.484 e. The molecule has 2 heterocycles. The Morgan fingerprint density at radius 1 is 1.07 bits per heavy atom. The van der Waals surface area contributed by atoms with Crippen LogP contribution in [0.1, 0.15) is 5.01 Å². The van der Waals surface area contributed by atoms with Crippen LogP contribution in [0.25, 0.3) is 10.2 Å². The van der Waals surface area contributed by atoms with Crippen molar-refractivity contribution >= 4 is 27.5 Å². The van der Waals surface area contributed by atoms with E-state index in [1.165, 1.54) is 29.0 Å². The first kappa shape index (κ1) is 17.9. The molecule has 3 aromatic rings. The van der Waals surface area contributed by atoms with E-state index in [1.54, 1.807) is 11.3 Å². The van der Waals surface area contributed by atoms with Crippen molar-refractivity contribution in [1.29, 1.82) is 0 Å². The summed E-state index contributed by atoms with van der Waals surface area (Å²) in [4.78, 5) is 21.1. The maximum absolute atomic E-state index is 12.9. The topological polar surface area (TPSA) is 45.7 Å². The average Bonchev–Trinajstić information content (AvgIpc) is 3.10. The number of amides is 1. The molecule has 1 saturated heterocycles. The van der Waals surface area contributed by atoms with Gasteiger partial charge in [-0.15, -0.1) is 11.3 Å². The van der Waals surface area contributed by atoms with Crippen LogP contribution in [0.2, 0.25) is 0 Å². The van der Waals surface area contributed by atoms with Gasteiger partial charge in [-0.05, 0) is 36.4 Å². The quantitative estimate of drug-likeness (QED) is 0.677. The number of carbonyl (C=O) groups is 1. The van der Waals surface area contributed by atoms with Crippen molar-refractivity contribution in [3.63, 3.8) is 0 Å². The number of hydrogen-bond acceptors (Lipinski definition) is 5. The van der Waals surface area contributed by atoms with Gasteiger partial charge in [-0.3, -0.25) is 9.69 Å². The summed E-state index contributed by atoms with van der Waals surface area (Å²) < 4.78 is 19.6. The van der Waals surface area contributed by atoms with Gasteiger partial charge in [-0.2, -0.15) is 0 Å². The molecule has 27 heavy (non-hydrogen) atoms. The zero-order valence-corrected chi connectivity index (χ0v) is 15.6. The first-order chi connectivity index (χ1) is 13.2. The Morgan fingerprint density at radius 2 is 1.81 bits per heavy atom. The second-order valence-corrected chi connectivity index (χ2v) is 7.59.